The Labute approximate surface area is 107 Å². The molecule has 1 saturated heterocycles. The Morgan fingerprint density at radius 2 is 1.76 bits per heavy atom. The van der Waals surface area contributed by atoms with Crippen molar-refractivity contribution in [1.82, 2.24) is 14.7 Å². The third kappa shape index (κ3) is 5.82. The molecule has 0 aliphatic carbocycles. The second-order valence-corrected chi connectivity index (χ2v) is 6.25. The van der Waals surface area contributed by atoms with E-state index in [1.807, 2.05) is 0 Å². The maximum atomic E-state index is 5.77. The zero-order chi connectivity index (χ0) is 12.9. The van der Waals surface area contributed by atoms with Crippen molar-refractivity contribution in [1.29, 1.82) is 0 Å². The van der Waals surface area contributed by atoms with E-state index in [1.165, 1.54) is 32.7 Å². The number of likely N-dealkylation sites (N-methyl/N-ethyl adjacent to an activating group) is 2. The number of rotatable bonds is 6. The molecule has 0 unspecified atom stereocenters. The lowest BCUT2D eigenvalue weighted by Crippen LogP contribution is -2.47. The van der Waals surface area contributed by atoms with Gasteiger partial charge >= 0.3 is 0 Å². The fourth-order valence-corrected chi connectivity index (χ4v) is 2.26. The average Bonchev–Trinajstić information content (AvgIpc) is 2.28. The molecule has 0 amide bonds. The van der Waals surface area contributed by atoms with Crippen LogP contribution in [0.2, 0.25) is 0 Å². The smallest absolute Gasteiger partial charge is 0.0110 e. The highest BCUT2D eigenvalue weighted by atomic mass is 15.3. The molecular weight excluding hydrogens is 212 g/mol. The van der Waals surface area contributed by atoms with Gasteiger partial charge in [0, 0.05) is 45.8 Å². The summed E-state index contributed by atoms with van der Waals surface area (Å²) in [7, 11) is 4.40. The SMILES string of the molecule is CN1CCN(CCN(C)CC(C)(C)CN)CC1. The first kappa shape index (κ1) is 14.9. The van der Waals surface area contributed by atoms with E-state index in [-0.39, 0.29) is 5.41 Å². The second-order valence-electron chi connectivity index (χ2n) is 6.25. The summed E-state index contributed by atoms with van der Waals surface area (Å²) in [5.41, 5.74) is 6.00. The third-order valence-corrected chi connectivity index (χ3v) is 3.64. The summed E-state index contributed by atoms with van der Waals surface area (Å²) in [5, 5.41) is 0. The molecule has 0 aromatic heterocycles. The standard InChI is InChI=1S/C13H30N4/c1-13(2,11-14)12-16(4)7-10-17-8-5-15(3)6-9-17/h5-12,14H2,1-4H3. The van der Waals surface area contributed by atoms with Crippen molar-refractivity contribution < 1.29 is 0 Å². The maximum absolute atomic E-state index is 5.77. The van der Waals surface area contributed by atoms with Crippen LogP contribution in [-0.2, 0) is 0 Å². The molecular formula is C13H30N4. The minimum Gasteiger partial charge on any atom is -0.330 e. The Morgan fingerprint density at radius 3 is 2.29 bits per heavy atom. The van der Waals surface area contributed by atoms with Crippen molar-refractivity contribution in [2.75, 3.05) is 66.5 Å². The average molecular weight is 242 g/mol. The number of hydrogen-bond donors (Lipinski definition) is 1. The predicted octanol–water partition coefficient (Wildman–Crippen LogP) is 0.151. The van der Waals surface area contributed by atoms with Gasteiger partial charge < -0.3 is 15.5 Å². The van der Waals surface area contributed by atoms with Crippen LogP contribution in [0.15, 0.2) is 0 Å². The van der Waals surface area contributed by atoms with Gasteiger partial charge in [-0.2, -0.15) is 0 Å². The van der Waals surface area contributed by atoms with Gasteiger partial charge in [0.2, 0.25) is 0 Å². The molecule has 1 fully saturated rings. The summed E-state index contributed by atoms with van der Waals surface area (Å²) in [6.07, 6.45) is 0. The van der Waals surface area contributed by atoms with Gasteiger partial charge in [-0.1, -0.05) is 13.8 Å². The van der Waals surface area contributed by atoms with Gasteiger partial charge in [0.05, 0.1) is 0 Å². The molecule has 2 N–H and O–H groups in total. The normalized spacial score (nSPS) is 20.1. The van der Waals surface area contributed by atoms with E-state index in [1.54, 1.807) is 0 Å². The van der Waals surface area contributed by atoms with E-state index in [0.717, 1.165) is 19.6 Å². The summed E-state index contributed by atoms with van der Waals surface area (Å²) in [6.45, 7) is 13.5. The van der Waals surface area contributed by atoms with Crippen LogP contribution in [0.5, 0.6) is 0 Å². The summed E-state index contributed by atoms with van der Waals surface area (Å²) in [5.74, 6) is 0. The highest BCUT2D eigenvalue weighted by Gasteiger charge is 2.19. The van der Waals surface area contributed by atoms with Gasteiger partial charge in [-0.15, -0.1) is 0 Å². The van der Waals surface area contributed by atoms with E-state index in [9.17, 15) is 0 Å². The van der Waals surface area contributed by atoms with Crippen molar-refractivity contribution in [2.45, 2.75) is 13.8 Å². The minimum absolute atomic E-state index is 0.233. The molecule has 0 radical (unpaired) electrons. The van der Waals surface area contributed by atoms with Crippen molar-refractivity contribution in [3.8, 4) is 0 Å². The Hall–Kier alpha value is -0.160. The number of nitrogens with two attached hydrogens (primary N) is 1. The third-order valence-electron chi connectivity index (χ3n) is 3.64. The van der Waals surface area contributed by atoms with Crippen LogP contribution in [0.3, 0.4) is 0 Å². The zero-order valence-electron chi connectivity index (χ0n) is 12.1. The molecule has 1 heterocycles. The molecule has 4 heteroatoms. The van der Waals surface area contributed by atoms with Gasteiger partial charge in [-0.25, -0.2) is 0 Å². The van der Waals surface area contributed by atoms with Crippen LogP contribution < -0.4 is 5.73 Å². The van der Waals surface area contributed by atoms with Gasteiger partial charge in [0.15, 0.2) is 0 Å². The molecule has 1 rings (SSSR count). The molecule has 1 aliphatic rings. The van der Waals surface area contributed by atoms with Crippen LogP contribution >= 0.6 is 0 Å². The van der Waals surface area contributed by atoms with Gasteiger partial charge in [0.25, 0.3) is 0 Å². The van der Waals surface area contributed by atoms with Crippen LogP contribution in [0, 0.1) is 5.41 Å². The zero-order valence-corrected chi connectivity index (χ0v) is 12.1. The first-order valence-electron chi connectivity index (χ1n) is 6.72. The largest absolute Gasteiger partial charge is 0.330 e. The van der Waals surface area contributed by atoms with Crippen LogP contribution in [-0.4, -0.2) is 81.2 Å². The van der Waals surface area contributed by atoms with Crippen LogP contribution in [0.4, 0.5) is 0 Å². The van der Waals surface area contributed by atoms with E-state index in [2.05, 4.69) is 42.6 Å². The van der Waals surface area contributed by atoms with E-state index in [0.29, 0.717) is 0 Å². The fraction of sp³-hybridized carbons (Fsp3) is 1.00. The molecule has 0 aromatic rings. The lowest BCUT2D eigenvalue weighted by atomic mass is 9.93. The fourth-order valence-electron chi connectivity index (χ4n) is 2.26. The maximum Gasteiger partial charge on any atom is 0.0110 e. The summed E-state index contributed by atoms with van der Waals surface area (Å²) < 4.78 is 0. The van der Waals surface area contributed by atoms with Crippen molar-refractivity contribution in [3.63, 3.8) is 0 Å². The first-order chi connectivity index (χ1) is 7.93. The summed E-state index contributed by atoms with van der Waals surface area (Å²) in [4.78, 5) is 7.37. The molecule has 0 aromatic carbocycles. The Morgan fingerprint density at radius 1 is 1.18 bits per heavy atom. The van der Waals surface area contributed by atoms with Crippen molar-refractivity contribution >= 4 is 0 Å². The highest BCUT2D eigenvalue weighted by Crippen LogP contribution is 2.13. The van der Waals surface area contributed by atoms with Crippen LogP contribution in [0.1, 0.15) is 13.8 Å². The summed E-state index contributed by atoms with van der Waals surface area (Å²) in [6, 6.07) is 0. The first-order valence-corrected chi connectivity index (χ1v) is 6.72. The second kappa shape index (κ2) is 6.69. The van der Waals surface area contributed by atoms with Crippen molar-refractivity contribution in [2.24, 2.45) is 11.1 Å². The molecule has 102 valence electrons. The van der Waals surface area contributed by atoms with Gasteiger partial charge in [-0.05, 0) is 26.1 Å². The molecule has 0 atom stereocenters. The topological polar surface area (TPSA) is 35.7 Å². The Bertz CT molecular complexity index is 209. The number of piperazine rings is 1. The minimum atomic E-state index is 0.233. The highest BCUT2D eigenvalue weighted by molar-refractivity contribution is 4.75. The quantitative estimate of drug-likeness (QED) is 0.719. The van der Waals surface area contributed by atoms with Gasteiger partial charge in [-0.3, -0.25) is 4.90 Å². The molecule has 17 heavy (non-hydrogen) atoms. The predicted molar refractivity (Wildman–Crippen MR) is 74.3 cm³/mol. The molecule has 0 spiro atoms. The molecule has 1 aliphatic heterocycles. The monoisotopic (exact) mass is 242 g/mol. The lowest BCUT2D eigenvalue weighted by Gasteiger charge is -2.34. The Balaban J connectivity index is 2.17. The number of nitrogens with zero attached hydrogens (tertiary/aromatic N) is 3. The van der Waals surface area contributed by atoms with E-state index >= 15 is 0 Å². The summed E-state index contributed by atoms with van der Waals surface area (Å²) >= 11 is 0. The van der Waals surface area contributed by atoms with E-state index < -0.39 is 0 Å². The molecule has 4 nitrogen and oxygen atoms in total. The molecule has 0 saturated carbocycles. The molecule has 0 bridgehead atoms. The van der Waals surface area contributed by atoms with Gasteiger partial charge in [0.1, 0.15) is 0 Å². The van der Waals surface area contributed by atoms with Crippen LogP contribution in [0.25, 0.3) is 0 Å². The van der Waals surface area contributed by atoms with Crippen molar-refractivity contribution in [3.05, 3.63) is 0 Å². The Kier molecular flexibility index (Phi) is 5.86. The van der Waals surface area contributed by atoms with E-state index in [4.69, 9.17) is 5.73 Å². The number of hydrogen-bond acceptors (Lipinski definition) is 4. The lowest BCUT2D eigenvalue weighted by molar-refractivity contribution is 0.130.